The monoisotopic (exact) mass is 361 g/mol. The average Bonchev–Trinajstić information content (AvgIpc) is 2.86. The van der Waals surface area contributed by atoms with Gasteiger partial charge in [0.2, 0.25) is 0 Å². The van der Waals surface area contributed by atoms with Crippen LogP contribution in [0, 0.1) is 29.8 Å². The summed E-state index contributed by atoms with van der Waals surface area (Å²) in [6.45, 7) is 2.77. The normalized spacial score (nSPS) is 12.5. The molecule has 1 heterocycles. The number of aromatic nitrogens is 2. The molecule has 2 rings (SSSR count). The molecule has 0 N–H and O–H groups in total. The van der Waals surface area contributed by atoms with E-state index in [-0.39, 0.29) is 33.2 Å². The Labute approximate surface area is 136 Å². The first kappa shape index (κ1) is 18.2. The summed E-state index contributed by atoms with van der Waals surface area (Å²) in [5.41, 5.74) is -0.352. The lowest BCUT2D eigenvalue weighted by molar-refractivity contribution is -0.386. The molecule has 0 amide bonds. The smallest absolute Gasteiger partial charge is 0.312 e. The fraction of sp³-hybridized carbons (Fsp3) is 0.154. The van der Waals surface area contributed by atoms with Crippen molar-refractivity contribution < 1.29 is 38.3 Å². The third-order valence-corrected chi connectivity index (χ3v) is 3.24. The summed E-state index contributed by atoms with van der Waals surface area (Å²) < 4.78 is 38.7. The van der Waals surface area contributed by atoms with Gasteiger partial charge in [-0.2, -0.15) is 5.10 Å². The highest BCUT2D eigenvalue weighted by atomic mass is 19.3. The van der Waals surface area contributed by atoms with Crippen molar-refractivity contribution in [3.8, 4) is 5.69 Å². The molecule has 0 spiro atoms. The second-order valence-corrected chi connectivity index (χ2v) is 4.68. The Morgan fingerprint density at radius 1 is 1.16 bits per heavy atom. The molecule has 12 heteroatoms. The largest absolute Gasteiger partial charge is 0.313 e. The predicted octanol–water partition coefficient (Wildman–Crippen LogP) is 1.68. The van der Waals surface area contributed by atoms with Crippen LogP contribution in [0.3, 0.4) is 0 Å². The van der Waals surface area contributed by atoms with E-state index >= 15 is 0 Å². The van der Waals surface area contributed by atoms with E-state index < -0.39 is 10.7 Å². The lowest BCUT2D eigenvalue weighted by Gasteiger charge is -2.06. The molecule has 0 aliphatic rings. The number of nitro groups is 1. The van der Waals surface area contributed by atoms with Crippen molar-refractivity contribution in [1.29, 1.82) is 0 Å². The number of aryl methyl sites for hydroxylation is 1. The Morgan fingerprint density at radius 3 is 2.20 bits per heavy atom. The van der Waals surface area contributed by atoms with Crippen molar-refractivity contribution in [3.63, 3.8) is 0 Å². The quantitative estimate of drug-likeness (QED) is 0.439. The van der Waals surface area contributed by atoms with Gasteiger partial charge in [0.05, 0.1) is 4.92 Å². The summed E-state index contributed by atoms with van der Waals surface area (Å²) in [5.74, 6) is -0.882. The highest BCUT2D eigenvalue weighted by Crippen LogP contribution is 2.24. The zero-order chi connectivity index (χ0) is 18.6. The predicted molar refractivity (Wildman–Crippen MR) is 74.4 cm³/mol. The second kappa shape index (κ2) is 7.63. The summed E-state index contributed by atoms with van der Waals surface area (Å²) in [6, 6.07) is 1.97. The van der Waals surface area contributed by atoms with Gasteiger partial charge in [0.25, 0.3) is 0 Å². The fourth-order valence-electron chi connectivity index (χ4n) is 2.23. The molecule has 25 heavy (non-hydrogen) atoms. The Balaban J connectivity index is 2.72. The molecule has 0 radical (unpaired) electrons. The number of hydrogen-bond acceptors (Lipinski definition) is 7. The maximum Gasteiger partial charge on any atom is 0.313 e. The number of nitrogens with zero attached hydrogens (tertiary/aromatic N) is 3. The van der Waals surface area contributed by atoms with E-state index in [4.69, 9.17) is 0 Å². The van der Waals surface area contributed by atoms with Crippen LogP contribution in [0.4, 0.5) is 19.1 Å². The number of halogens is 3. The van der Waals surface area contributed by atoms with Gasteiger partial charge < -0.3 is 9.78 Å². The van der Waals surface area contributed by atoms with E-state index in [2.05, 4.69) is 25.1 Å². The molecule has 0 bridgehead atoms. The van der Waals surface area contributed by atoms with E-state index in [9.17, 15) is 23.6 Å². The summed E-state index contributed by atoms with van der Waals surface area (Å²) >= 11 is 0. The minimum Gasteiger partial charge on any atom is -0.312 e. The van der Waals surface area contributed by atoms with Crippen LogP contribution in [0.1, 0.15) is 11.4 Å². The lowest BCUT2D eigenvalue weighted by Crippen LogP contribution is -2.27. The van der Waals surface area contributed by atoms with E-state index in [1.165, 1.54) is 13.8 Å². The molecule has 0 unspecified atom stereocenters. The van der Waals surface area contributed by atoms with Gasteiger partial charge in [0, 0.05) is 20.6 Å². The Morgan fingerprint density at radius 2 is 1.72 bits per heavy atom. The zero-order valence-electron chi connectivity index (χ0n) is 12.7. The molecule has 0 fully saturated rings. The summed E-state index contributed by atoms with van der Waals surface area (Å²) in [5, 5.41) is 20.7. The van der Waals surface area contributed by atoms with E-state index in [1.807, 2.05) is 0 Å². The van der Waals surface area contributed by atoms with Gasteiger partial charge in [-0.1, -0.05) is 0 Å². The summed E-state index contributed by atoms with van der Waals surface area (Å²) in [7, 11) is 0. The molecule has 1 aromatic carbocycles. The van der Waals surface area contributed by atoms with E-state index in [0.29, 0.717) is 6.26 Å². The van der Waals surface area contributed by atoms with Gasteiger partial charge >= 0.3 is 5.69 Å². The van der Waals surface area contributed by atoms with Crippen LogP contribution in [0.5, 0.6) is 0 Å². The Hall–Kier alpha value is -3.12. The maximum atomic E-state index is 14.4. The van der Waals surface area contributed by atoms with Crippen LogP contribution < -0.4 is 10.4 Å². The standard InChI is InChI=1S/C13H10F3N3O6/c1-7-13(19(20)21)8(2)18(17-7)12-4-10(6-23-25-16)9(3-11(12)14)5-22-24-15/h3-6H,1-2H3/b9-5+,10-6-. The van der Waals surface area contributed by atoms with Crippen molar-refractivity contribution >= 4 is 18.2 Å². The van der Waals surface area contributed by atoms with Crippen molar-refractivity contribution in [2.45, 2.75) is 13.8 Å². The highest BCUT2D eigenvalue weighted by molar-refractivity contribution is 5.46. The Kier molecular flexibility index (Phi) is 5.56. The second-order valence-electron chi connectivity index (χ2n) is 4.68. The van der Waals surface area contributed by atoms with Crippen molar-refractivity contribution in [3.05, 3.63) is 49.9 Å². The number of rotatable bonds is 6. The van der Waals surface area contributed by atoms with E-state index in [0.717, 1.165) is 23.1 Å². The topological polar surface area (TPSA) is 97.9 Å². The SMILES string of the molecule is Cc1nn(-c2cc(=C/OOF)/c(=C/OOF)cc2F)c(C)c1[N+](=O)[O-]. The molecular formula is C13H10F3N3O6. The van der Waals surface area contributed by atoms with Crippen molar-refractivity contribution in [1.82, 2.24) is 9.78 Å². The summed E-state index contributed by atoms with van der Waals surface area (Å²) in [4.78, 5) is 18.4. The zero-order valence-corrected chi connectivity index (χ0v) is 12.7. The molecular weight excluding hydrogens is 351 g/mol. The molecule has 2 aromatic rings. The number of benzene rings is 1. The molecule has 0 saturated carbocycles. The molecule has 0 aliphatic carbocycles. The van der Waals surface area contributed by atoms with Crippen LogP contribution in [-0.2, 0) is 20.0 Å². The number of hydrogen-bond donors (Lipinski definition) is 0. The fourth-order valence-corrected chi connectivity index (χ4v) is 2.23. The third-order valence-electron chi connectivity index (χ3n) is 3.24. The first-order valence-corrected chi connectivity index (χ1v) is 6.49. The first-order chi connectivity index (χ1) is 11.9. The van der Waals surface area contributed by atoms with Crippen molar-refractivity contribution in [2.75, 3.05) is 0 Å². The van der Waals surface area contributed by atoms with Crippen molar-refractivity contribution in [2.24, 2.45) is 0 Å². The highest BCUT2D eigenvalue weighted by Gasteiger charge is 2.23. The lowest BCUT2D eigenvalue weighted by atomic mass is 10.2. The van der Waals surface area contributed by atoms with Crippen LogP contribution in [0.2, 0.25) is 0 Å². The molecule has 9 nitrogen and oxygen atoms in total. The maximum absolute atomic E-state index is 14.4. The van der Waals surface area contributed by atoms with Gasteiger partial charge in [0.15, 0.2) is 0 Å². The van der Waals surface area contributed by atoms with E-state index in [1.54, 1.807) is 0 Å². The van der Waals surface area contributed by atoms with Gasteiger partial charge in [-0.15, -0.1) is 0 Å². The molecule has 1 aromatic heterocycles. The molecule has 0 saturated heterocycles. The van der Waals surface area contributed by atoms with Crippen LogP contribution in [0.15, 0.2) is 12.1 Å². The van der Waals surface area contributed by atoms with Crippen LogP contribution in [0.25, 0.3) is 18.2 Å². The molecule has 0 atom stereocenters. The minimum atomic E-state index is -0.882. The van der Waals surface area contributed by atoms with Gasteiger partial charge in [-0.25, -0.2) is 9.07 Å². The Bertz CT molecular complexity index is 915. The first-order valence-electron chi connectivity index (χ1n) is 6.49. The van der Waals surface area contributed by atoms with Gasteiger partial charge in [-0.3, -0.25) is 10.1 Å². The molecule has 134 valence electrons. The minimum absolute atomic E-state index is 0.0266. The van der Waals surface area contributed by atoms with Gasteiger partial charge in [0.1, 0.15) is 35.4 Å². The average molecular weight is 361 g/mol. The van der Waals surface area contributed by atoms with Crippen LogP contribution >= 0.6 is 0 Å². The van der Waals surface area contributed by atoms with Gasteiger partial charge in [-0.05, 0) is 35.0 Å². The summed E-state index contributed by atoms with van der Waals surface area (Å²) in [6.07, 6.45) is 1.39. The third kappa shape index (κ3) is 3.70. The van der Waals surface area contributed by atoms with Crippen LogP contribution in [-0.4, -0.2) is 14.7 Å². The molecule has 0 aliphatic heterocycles.